The van der Waals surface area contributed by atoms with E-state index < -0.39 is 5.97 Å². The molecule has 3 heteroatoms. The van der Waals surface area contributed by atoms with Gasteiger partial charge in [0, 0.05) is 13.1 Å². The maximum atomic E-state index is 10.6. The molecule has 2 rings (SSSR count). The molecule has 0 atom stereocenters. The fraction of sp³-hybridized carbons (Fsp3) is 0.312. The molecule has 0 fully saturated rings. The van der Waals surface area contributed by atoms with Crippen molar-refractivity contribution in [1.82, 2.24) is 4.90 Å². The smallest absolute Gasteiger partial charge is 0.304 e. The summed E-state index contributed by atoms with van der Waals surface area (Å²) >= 11 is 0. The molecule has 0 aliphatic heterocycles. The summed E-state index contributed by atoms with van der Waals surface area (Å²) in [6.45, 7) is 4.32. The minimum absolute atomic E-state index is 0.196. The number of carboxylic acid groups (broad SMARTS) is 1. The van der Waals surface area contributed by atoms with Gasteiger partial charge in [0.2, 0.25) is 0 Å². The number of benzene rings is 2. The van der Waals surface area contributed by atoms with Crippen LogP contribution in [0.4, 0.5) is 0 Å². The number of nitrogens with zero attached hydrogens (tertiary/aromatic N) is 1. The Balaban J connectivity index is 2.08. The summed E-state index contributed by atoms with van der Waals surface area (Å²) in [6.07, 6.45) is 0.196. The van der Waals surface area contributed by atoms with Gasteiger partial charge in [-0.25, -0.2) is 0 Å². The first-order valence-corrected chi connectivity index (χ1v) is 6.61. The quantitative estimate of drug-likeness (QED) is 0.864. The molecule has 0 radical (unpaired) electrons. The van der Waals surface area contributed by atoms with E-state index in [-0.39, 0.29) is 6.42 Å². The minimum Gasteiger partial charge on any atom is -0.481 e. The molecule has 0 aromatic heterocycles. The van der Waals surface area contributed by atoms with Crippen molar-refractivity contribution in [3.63, 3.8) is 0 Å². The Hall–Kier alpha value is -1.87. The van der Waals surface area contributed by atoms with Crippen LogP contribution in [0.5, 0.6) is 0 Å². The van der Waals surface area contributed by atoms with Gasteiger partial charge in [0.05, 0.1) is 6.42 Å². The highest BCUT2D eigenvalue weighted by Crippen LogP contribution is 2.16. The Bertz CT molecular complexity index is 565. The molecular formula is C16H19NO2. The Morgan fingerprint density at radius 1 is 1.16 bits per heavy atom. The predicted octanol–water partition coefficient (Wildman–Crippen LogP) is 3.14. The van der Waals surface area contributed by atoms with E-state index in [1.54, 1.807) is 0 Å². The first kappa shape index (κ1) is 13.6. The maximum absolute atomic E-state index is 10.6. The summed E-state index contributed by atoms with van der Waals surface area (Å²) in [4.78, 5) is 12.8. The number of hydrogen-bond acceptors (Lipinski definition) is 2. The van der Waals surface area contributed by atoms with Crippen LogP contribution in [-0.2, 0) is 11.3 Å². The SMILES string of the molecule is CCN(CCC(=O)O)Cc1ccc2ccccc2c1. The summed E-state index contributed by atoms with van der Waals surface area (Å²) < 4.78 is 0. The summed E-state index contributed by atoms with van der Waals surface area (Å²) in [5, 5.41) is 11.2. The molecule has 0 spiro atoms. The second-order valence-electron chi connectivity index (χ2n) is 4.69. The number of aliphatic carboxylic acids is 1. The van der Waals surface area contributed by atoms with Gasteiger partial charge in [0.1, 0.15) is 0 Å². The lowest BCUT2D eigenvalue weighted by atomic mass is 10.1. The van der Waals surface area contributed by atoms with Crippen LogP contribution in [0.2, 0.25) is 0 Å². The molecule has 0 bridgehead atoms. The van der Waals surface area contributed by atoms with E-state index >= 15 is 0 Å². The van der Waals surface area contributed by atoms with Crippen molar-refractivity contribution in [3.8, 4) is 0 Å². The van der Waals surface area contributed by atoms with Gasteiger partial charge in [-0.05, 0) is 28.9 Å². The van der Waals surface area contributed by atoms with Crippen molar-refractivity contribution in [2.24, 2.45) is 0 Å². The fourth-order valence-electron chi connectivity index (χ4n) is 2.20. The minimum atomic E-state index is -0.739. The third kappa shape index (κ3) is 3.80. The van der Waals surface area contributed by atoms with Crippen molar-refractivity contribution < 1.29 is 9.90 Å². The van der Waals surface area contributed by atoms with Crippen LogP contribution in [0.25, 0.3) is 10.8 Å². The van der Waals surface area contributed by atoms with E-state index in [0.717, 1.165) is 13.1 Å². The Labute approximate surface area is 113 Å². The van der Waals surface area contributed by atoms with Gasteiger partial charge in [-0.2, -0.15) is 0 Å². The third-order valence-electron chi connectivity index (χ3n) is 3.31. The standard InChI is InChI=1S/C16H19NO2/c1-2-17(10-9-16(18)19)12-13-7-8-14-5-3-4-6-15(14)11-13/h3-8,11H,2,9-10,12H2,1H3,(H,18,19). The molecule has 0 amide bonds. The fourth-order valence-corrected chi connectivity index (χ4v) is 2.20. The molecule has 19 heavy (non-hydrogen) atoms. The lowest BCUT2D eigenvalue weighted by Crippen LogP contribution is -2.25. The number of carboxylic acids is 1. The second kappa shape index (κ2) is 6.34. The molecule has 1 N–H and O–H groups in total. The Kier molecular flexibility index (Phi) is 4.53. The molecule has 3 nitrogen and oxygen atoms in total. The van der Waals surface area contributed by atoms with Crippen molar-refractivity contribution in [1.29, 1.82) is 0 Å². The van der Waals surface area contributed by atoms with E-state index in [0.29, 0.717) is 6.54 Å². The zero-order chi connectivity index (χ0) is 13.7. The molecule has 100 valence electrons. The number of rotatable bonds is 6. The van der Waals surface area contributed by atoms with Gasteiger partial charge in [-0.3, -0.25) is 9.69 Å². The molecule has 0 aliphatic rings. The van der Waals surface area contributed by atoms with Crippen LogP contribution in [0.15, 0.2) is 42.5 Å². The average Bonchev–Trinajstić information content (AvgIpc) is 2.43. The molecule has 2 aromatic rings. The molecular weight excluding hydrogens is 238 g/mol. The zero-order valence-electron chi connectivity index (χ0n) is 11.2. The van der Waals surface area contributed by atoms with Crippen LogP contribution in [0.1, 0.15) is 18.9 Å². The Morgan fingerprint density at radius 2 is 1.89 bits per heavy atom. The van der Waals surface area contributed by atoms with Crippen LogP contribution in [0.3, 0.4) is 0 Å². The van der Waals surface area contributed by atoms with Gasteiger partial charge >= 0.3 is 5.97 Å². The first-order valence-electron chi connectivity index (χ1n) is 6.61. The molecule has 0 aliphatic carbocycles. The third-order valence-corrected chi connectivity index (χ3v) is 3.31. The normalized spacial score (nSPS) is 11.1. The highest BCUT2D eigenvalue weighted by Gasteiger charge is 2.06. The second-order valence-corrected chi connectivity index (χ2v) is 4.69. The lowest BCUT2D eigenvalue weighted by Gasteiger charge is -2.19. The van der Waals surface area contributed by atoms with E-state index in [2.05, 4.69) is 42.2 Å². The van der Waals surface area contributed by atoms with Gasteiger partial charge in [-0.1, -0.05) is 43.3 Å². The number of fused-ring (bicyclic) bond motifs is 1. The lowest BCUT2D eigenvalue weighted by molar-refractivity contribution is -0.137. The first-order chi connectivity index (χ1) is 9.19. The average molecular weight is 257 g/mol. The largest absolute Gasteiger partial charge is 0.481 e. The monoisotopic (exact) mass is 257 g/mol. The van der Waals surface area contributed by atoms with Crippen LogP contribution < -0.4 is 0 Å². The highest BCUT2D eigenvalue weighted by atomic mass is 16.4. The van der Waals surface area contributed by atoms with E-state index in [9.17, 15) is 4.79 Å². The van der Waals surface area contributed by atoms with E-state index in [4.69, 9.17) is 5.11 Å². The van der Waals surface area contributed by atoms with Crippen LogP contribution >= 0.6 is 0 Å². The van der Waals surface area contributed by atoms with Gasteiger partial charge in [0.25, 0.3) is 0 Å². The topological polar surface area (TPSA) is 40.5 Å². The van der Waals surface area contributed by atoms with Gasteiger partial charge in [-0.15, -0.1) is 0 Å². The molecule has 0 saturated carbocycles. The van der Waals surface area contributed by atoms with Gasteiger partial charge < -0.3 is 5.11 Å². The summed E-state index contributed by atoms with van der Waals surface area (Å²) in [5.41, 5.74) is 1.23. The van der Waals surface area contributed by atoms with E-state index in [1.165, 1.54) is 16.3 Å². The molecule has 0 saturated heterocycles. The van der Waals surface area contributed by atoms with Crippen LogP contribution in [-0.4, -0.2) is 29.1 Å². The molecule has 0 unspecified atom stereocenters. The molecule has 0 heterocycles. The van der Waals surface area contributed by atoms with Crippen molar-refractivity contribution in [3.05, 3.63) is 48.0 Å². The number of carbonyl (C=O) groups is 1. The highest BCUT2D eigenvalue weighted by molar-refractivity contribution is 5.82. The van der Waals surface area contributed by atoms with E-state index in [1.807, 2.05) is 12.1 Å². The summed E-state index contributed by atoms with van der Waals surface area (Å²) in [6, 6.07) is 14.7. The predicted molar refractivity (Wildman–Crippen MR) is 77.2 cm³/mol. The zero-order valence-corrected chi connectivity index (χ0v) is 11.2. The van der Waals surface area contributed by atoms with Gasteiger partial charge in [0.15, 0.2) is 0 Å². The van der Waals surface area contributed by atoms with Crippen LogP contribution in [0, 0.1) is 0 Å². The number of hydrogen-bond donors (Lipinski definition) is 1. The van der Waals surface area contributed by atoms with Crippen molar-refractivity contribution in [2.45, 2.75) is 19.9 Å². The maximum Gasteiger partial charge on any atom is 0.304 e. The van der Waals surface area contributed by atoms with Crippen molar-refractivity contribution in [2.75, 3.05) is 13.1 Å². The molecule has 2 aromatic carbocycles. The summed E-state index contributed by atoms with van der Waals surface area (Å²) in [5.74, 6) is -0.739. The summed E-state index contributed by atoms with van der Waals surface area (Å²) in [7, 11) is 0. The van der Waals surface area contributed by atoms with Crippen molar-refractivity contribution >= 4 is 16.7 Å². The Morgan fingerprint density at radius 3 is 2.58 bits per heavy atom.